The lowest BCUT2D eigenvalue weighted by molar-refractivity contribution is -0.143. The number of rotatable bonds is 59. The summed E-state index contributed by atoms with van der Waals surface area (Å²) in [5.74, 6) is -15.0. The van der Waals surface area contributed by atoms with Crippen LogP contribution in [0.3, 0.4) is 0 Å². The smallest absolute Gasteiger partial charge is 0.407 e. The summed E-state index contributed by atoms with van der Waals surface area (Å²) in [5.41, 5.74) is 32.8. The van der Waals surface area contributed by atoms with Crippen LogP contribution < -0.4 is 103 Å². The molecule has 0 fully saturated rings. The number of alkyl carbamates (subject to hydrolysis) is 1. The third-order valence-corrected chi connectivity index (χ3v) is 21.0. The van der Waals surface area contributed by atoms with Gasteiger partial charge < -0.3 is 113 Å². The van der Waals surface area contributed by atoms with Gasteiger partial charge in [0.1, 0.15) is 91.7 Å². The van der Waals surface area contributed by atoms with E-state index in [0.717, 1.165) is 22.3 Å². The number of hydrogen-bond donors (Lipinski definition) is 20. The van der Waals surface area contributed by atoms with Gasteiger partial charge in [-0.15, -0.1) is 0 Å². The average Bonchev–Trinajstić information content (AvgIpc) is 1.61. The Labute approximate surface area is 723 Å². The minimum atomic E-state index is -1.64. The van der Waals surface area contributed by atoms with E-state index < -0.39 is 198 Å². The zero-order valence-corrected chi connectivity index (χ0v) is 74.4. The molecule has 0 heterocycles. The van der Waals surface area contributed by atoms with Crippen molar-refractivity contribution < 1.29 is 86.6 Å². The minimum absolute atomic E-state index is 0.0115. The van der Waals surface area contributed by atoms with Gasteiger partial charge in [0.25, 0.3) is 0 Å². The molecule has 3 rings (SSSR count). The standard InChI is InChI=1S/C86H143N19O18/c1-15-52(12)72(84(119)103-68(85(120)121)43-50(8)9)105-78(113)63(35-23-27-39-90)97-74(109)54(14)94-83(118)71(51(10)11)104-77(112)62(34-22-26-38-89)96-73(108)53(13)93-79(114)64(40-47(2)3)100-75(110)60(32-20-24-36-87)98-80(115)65(41-48(4)5)102-81(116)66(42-49(6)7)101-76(111)61(33-21-25-37-88)99-82(117)67(44-69(91)106)95-70(107)45-92-86(122)123-46-59-57-30-18-16-28-55(57)56-29-17-19-31-58(56)59/h16-19,28-31,47-54,59-68,71-72H,15,20-27,32-46,87-90H2,1-14H3,(H2,91,106)(H,92,122)(H,93,114)(H,94,118)(H,95,107)(H,96,108)(H,97,109)(H,98,115)(H,99,117)(H,100,110)(H,101,111)(H,102,116)(H,103,119)(H,104,112)(H,105,113)(H,120,121)/t52-,53-,54-,60-,61-,62-,63-,64-,65-,66-,67-,68-,71-,72-/m0/s1. The molecule has 14 atom stereocenters. The number of unbranched alkanes of at least 4 members (excludes halogenated alkanes) is 4. The summed E-state index contributed by atoms with van der Waals surface area (Å²) in [6.45, 7) is 24.1. The molecule has 0 saturated heterocycles. The van der Waals surface area contributed by atoms with Gasteiger partial charge >= 0.3 is 12.1 Å². The molecule has 690 valence electrons. The molecule has 123 heavy (non-hydrogen) atoms. The zero-order chi connectivity index (χ0) is 92.3. The number of hydrogen-bond acceptors (Lipinski definition) is 21. The monoisotopic (exact) mass is 1730 g/mol. The van der Waals surface area contributed by atoms with Crippen molar-refractivity contribution in [2.24, 2.45) is 64.2 Å². The van der Waals surface area contributed by atoms with E-state index in [4.69, 9.17) is 33.4 Å². The molecule has 25 N–H and O–H groups in total. The number of ether oxygens (including phenoxy) is 1. The van der Waals surface area contributed by atoms with Gasteiger partial charge in [0.05, 0.1) is 6.42 Å². The topological polar surface area (TPSA) is 601 Å². The zero-order valence-electron chi connectivity index (χ0n) is 74.4. The lowest BCUT2D eigenvalue weighted by Gasteiger charge is -2.29. The van der Waals surface area contributed by atoms with Crippen molar-refractivity contribution in [3.05, 3.63) is 59.7 Å². The first kappa shape index (κ1) is 107. The normalized spacial score (nSPS) is 15.2. The van der Waals surface area contributed by atoms with Gasteiger partial charge in [0, 0.05) is 5.92 Å². The van der Waals surface area contributed by atoms with Crippen LogP contribution in [0.5, 0.6) is 0 Å². The van der Waals surface area contributed by atoms with E-state index in [9.17, 15) is 81.8 Å². The average molecular weight is 1730 g/mol. The fraction of sp³-hybridized carbons (Fsp3) is 0.674. The molecule has 1 aliphatic carbocycles. The summed E-state index contributed by atoms with van der Waals surface area (Å²) in [6.07, 6.45) is 2.12. The Bertz CT molecular complexity index is 3760. The van der Waals surface area contributed by atoms with E-state index >= 15 is 0 Å². The first-order valence-electron chi connectivity index (χ1n) is 43.5. The van der Waals surface area contributed by atoms with Gasteiger partial charge in [0.2, 0.25) is 82.7 Å². The van der Waals surface area contributed by atoms with Crippen LogP contribution in [-0.2, 0) is 76.7 Å². The SMILES string of the molecule is CC[C@H](C)[C@H](NC(=O)[C@H](CCCCN)NC(=O)[C@H](C)NC(=O)[C@@H](NC(=O)[C@H](CCCCN)NC(=O)[C@H](C)NC(=O)[C@H](CC(C)C)NC(=O)[C@H](CCCCN)NC(=O)[C@H](CC(C)C)NC(=O)[C@H](CC(C)C)NC(=O)[C@H](CCCCN)NC(=O)[C@H](CC(N)=O)NC(=O)CNC(=O)OCC1c2ccccc2-c2ccccc21)C(C)C)C(=O)N[C@@H](CC(C)C)C(=O)O. The number of carbonyl (C=O) groups is 16. The molecule has 2 aromatic carbocycles. The highest BCUT2D eigenvalue weighted by Crippen LogP contribution is 2.44. The predicted octanol–water partition coefficient (Wildman–Crippen LogP) is 1.23. The molecule has 0 aliphatic heterocycles. The quantitative estimate of drug-likeness (QED) is 0.0414. The molecule has 0 unspecified atom stereocenters. The summed E-state index contributed by atoms with van der Waals surface area (Å²) in [7, 11) is 0. The van der Waals surface area contributed by atoms with E-state index in [0.29, 0.717) is 57.8 Å². The lowest BCUT2D eigenvalue weighted by Crippen LogP contribution is -2.61. The van der Waals surface area contributed by atoms with Crippen LogP contribution in [0.2, 0.25) is 0 Å². The van der Waals surface area contributed by atoms with Crippen LogP contribution in [0.25, 0.3) is 11.1 Å². The molecule has 37 nitrogen and oxygen atoms in total. The molecular weight excluding hydrogens is 1590 g/mol. The largest absolute Gasteiger partial charge is 0.480 e. The highest BCUT2D eigenvalue weighted by atomic mass is 16.5. The number of fused-ring (bicyclic) bond motifs is 3. The maximum atomic E-state index is 14.7. The van der Waals surface area contributed by atoms with Crippen LogP contribution in [0.15, 0.2) is 48.5 Å². The fourth-order valence-electron chi connectivity index (χ4n) is 14.0. The van der Waals surface area contributed by atoms with E-state index in [2.05, 4.69) is 74.4 Å². The van der Waals surface area contributed by atoms with Crippen molar-refractivity contribution in [2.75, 3.05) is 39.3 Å². The number of carboxylic acids is 1. The third-order valence-electron chi connectivity index (χ3n) is 21.0. The highest BCUT2D eigenvalue weighted by molar-refractivity contribution is 6.01. The number of carbonyl (C=O) groups excluding carboxylic acids is 15. The van der Waals surface area contributed by atoms with Crippen molar-refractivity contribution in [1.82, 2.24) is 74.4 Å². The van der Waals surface area contributed by atoms with Gasteiger partial charge in [-0.3, -0.25) is 67.1 Å². The number of aliphatic carboxylic acids is 1. The Morgan fingerprint density at radius 1 is 0.366 bits per heavy atom. The van der Waals surface area contributed by atoms with Crippen molar-refractivity contribution in [3.63, 3.8) is 0 Å². The second kappa shape index (κ2) is 55.7. The molecule has 0 bridgehead atoms. The van der Waals surface area contributed by atoms with Gasteiger partial charge in [-0.1, -0.05) is 138 Å². The number of carboxylic acid groups (broad SMARTS) is 1. The third kappa shape index (κ3) is 38.1. The van der Waals surface area contributed by atoms with Gasteiger partial charge in [-0.25, -0.2) is 9.59 Å². The minimum Gasteiger partial charge on any atom is -0.480 e. The number of amides is 15. The van der Waals surface area contributed by atoms with Crippen LogP contribution in [0.4, 0.5) is 4.79 Å². The predicted molar refractivity (Wildman–Crippen MR) is 465 cm³/mol. The van der Waals surface area contributed by atoms with E-state index in [-0.39, 0.29) is 114 Å². The summed E-state index contributed by atoms with van der Waals surface area (Å²) in [6, 6.07) is -1.78. The van der Waals surface area contributed by atoms with Crippen LogP contribution in [0.1, 0.15) is 230 Å². The van der Waals surface area contributed by atoms with E-state index in [1.807, 2.05) is 48.5 Å². The van der Waals surface area contributed by atoms with E-state index in [1.165, 1.54) is 13.8 Å². The van der Waals surface area contributed by atoms with Crippen molar-refractivity contribution in [2.45, 2.75) is 297 Å². The Balaban J connectivity index is 1.80. The molecule has 0 spiro atoms. The first-order chi connectivity index (χ1) is 58.1. The van der Waals surface area contributed by atoms with Gasteiger partial charge in [0.15, 0.2) is 0 Å². The molecule has 0 aromatic heterocycles. The Morgan fingerprint density at radius 2 is 0.675 bits per heavy atom. The van der Waals surface area contributed by atoms with Crippen molar-refractivity contribution in [3.8, 4) is 11.1 Å². The molecular formula is C86H143N19O18. The summed E-state index contributed by atoms with van der Waals surface area (Å²) in [4.78, 5) is 222. The number of nitrogens with two attached hydrogens (primary N) is 5. The Morgan fingerprint density at radius 3 is 1.03 bits per heavy atom. The van der Waals surface area contributed by atoms with Crippen molar-refractivity contribution >= 4 is 94.8 Å². The number of nitrogens with one attached hydrogen (secondary N) is 14. The van der Waals surface area contributed by atoms with Crippen LogP contribution in [-0.4, -0.2) is 218 Å². The van der Waals surface area contributed by atoms with Gasteiger partial charge in [-0.2, -0.15) is 0 Å². The van der Waals surface area contributed by atoms with Gasteiger partial charge in [-0.05, 0) is 201 Å². The molecule has 2 aromatic rings. The summed E-state index contributed by atoms with van der Waals surface area (Å²) < 4.78 is 5.55. The fourth-order valence-corrected chi connectivity index (χ4v) is 14.0. The number of primary amides is 1. The molecule has 37 heteroatoms. The second-order valence-electron chi connectivity index (χ2n) is 34.0. The molecule has 15 amide bonds. The maximum Gasteiger partial charge on any atom is 0.407 e. The lowest BCUT2D eigenvalue weighted by atomic mass is 9.96. The van der Waals surface area contributed by atoms with Crippen molar-refractivity contribution in [1.29, 1.82) is 0 Å². The summed E-state index contributed by atoms with van der Waals surface area (Å²) >= 11 is 0. The maximum absolute atomic E-state index is 14.7. The first-order valence-corrected chi connectivity index (χ1v) is 43.5. The highest BCUT2D eigenvalue weighted by Gasteiger charge is 2.39. The van der Waals surface area contributed by atoms with Crippen LogP contribution in [0, 0.1) is 35.5 Å². The Hall–Kier alpha value is -10.4. The molecule has 0 saturated carbocycles. The summed E-state index contributed by atoms with van der Waals surface area (Å²) in [5, 5.41) is 46.8. The second-order valence-corrected chi connectivity index (χ2v) is 34.0. The molecule has 0 radical (unpaired) electrons. The van der Waals surface area contributed by atoms with E-state index in [1.54, 1.807) is 83.1 Å². The number of benzene rings is 2. The Kier molecular flexibility index (Phi) is 48.3. The van der Waals surface area contributed by atoms with Crippen LogP contribution >= 0.6 is 0 Å². The molecule has 1 aliphatic rings.